The zero-order chi connectivity index (χ0) is 24.9. The first kappa shape index (κ1) is 25.3. The van der Waals surface area contributed by atoms with E-state index in [2.05, 4.69) is 15.5 Å². The van der Waals surface area contributed by atoms with Crippen molar-refractivity contribution in [3.05, 3.63) is 48.0 Å². The predicted molar refractivity (Wildman–Crippen MR) is 130 cm³/mol. The van der Waals surface area contributed by atoms with E-state index in [-0.39, 0.29) is 30.2 Å². The molecule has 0 unspecified atom stereocenters. The SMILES string of the molecule is CNC(=O)[C@H]1[C@@H]2C(=O)N([C@H](CO)c3ccccc3)[C@H](C(=O)NCCN3CCOCC3)[C@H]2C=C[C@H]1C. The lowest BCUT2D eigenvalue weighted by molar-refractivity contribution is -0.143. The van der Waals surface area contributed by atoms with Crippen molar-refractivity contribution in [1.82, 2.24) is 20.4 Å². The summed E-state index contributed by atoms with van der Waals surface area (Å²) in [7, 11) is 1.57. The minimum Gasteiger partial charge on any atom is -0.394 e. The molecule has 9 heteroatoms. The van der Waals surface area contributed by atoms with E-state index in [4.69, 9.17) is 4.74 Å². The van der Waals surface area contributed by atoms with Gasteiger partial charge in [-0.15, -0.1) is 0 Å². The molecule has 3 aliphatic rings. The fraction of sp³-hybridized carbons (Fsp3) is 0.577. The first-order valence-electron chi connectivity index (χ1n) is 12.4. The highest BCUT2D eigenvalue weighted by Gasteiger charge is 2.58. The van der Waals surface area contributed by atoms with E-state index in [1.807, 2.05) is 49.4 Å². The van der Waals surface area contributed by atoms with E-state index in [0.717, 1.165) is 18.7 Å². The predicted octanol–water partition coefficient (Wildman–Crippen LogP) is 0.180. The molecule has 1 aliphatic carbocycles. The molecule has 6 atom stereocenters. The van der Waals surface area contributed by atoms with Crippen LogP contribution in [0.25, 0.3) is 0 Å². The molecule has 1 aromatic carbocycles. The van der Waals surface area contributed by atoms with Gasteiger partial charge < -0.3 is 25.4 Å². The van der Waals surface area contributed by atoms with Gasteiger partial charge in [-0.2, -0.15) is 0 Å². The summed E-state index contributed by atoms with van der Waals surface area (Å²) in [5.41, 5.74) is 0.752. The third-order valence-corrected chi connectivity index (χ3v) is 7.55. The van der Waals surface area contributed by atoms with Crippen LogP contribution in [0.2, 0.25) is 0 Å². The molecule has 0 aromatic heterocycles. The summed E-state index contributed by atoms with van der Waals surface area (Å²) >= 11 is 0. The summed E-state index contributed by atoms with van der Waals surface area (Å²) in [5, 5.41) is 16.1. The van der Waals surface area contributed by atoms with Crippen LogP contribution in [-0.2, 0) is 19.1 Å². The number of carbonyl (C=O) groups is 3. The van der Waals surface area contributed by atoms with E-state index in [9.17, 15) is 19.5 Å². The Kier molecular flexibility index (Phi) is 8.20. The minimum atomic E-state index is -0.814. The van der Waals surface area contributed by atoms with Gasteiger partial charge in [0.25, 0.3) is 0 Å². The minimum absolute atomic E-state index is 0.144. The number of fused-ring (bicyclic) bond motifs is 1. The third-order valence-electron chi connectivity index (χ3n) is 7.55. The average molecular weight is 485 g/mol. The number of aliphatic hydroxyl groups is 1. The Bertz CT molecular complexity index is 933. The fourth-order valence-corrected chi connectivity index (χ4v) is 5.74. The molecular weight excluding hydrogens is 448 g/mol. The highest BCUT2D eigenvalue weighted by atomic mass is 16.5. The Labute approximate surface area is 206 Å². The van der Waals surface area contributed by atoms with Gasteiger partial charge in [0, 0.05) is 39.1 Å². The maximum absolute atomic E-state index is 13.9. The van der Waals surface area contributed by atoms with Crippen LogP contribution in [0.3, 0.4) is 0 Å². The van der Waals surface area contributed by atoms with Crippen molar-refractivity contribution in [3.8, 4) is 0 Å². The van der Waals surface area contributed by atoms with Gasteiger partial charge in [0.15, 0.2) is 0 Å². The highest BCUT2D eigenvalue weighted by molar-refractivity contribution is 5.97. The van der Waals surface area contributed by atoms with E-state index >= 15 is 0 Å². The van der Waals surface area contributed by atoms with E-state index in [1.54, 1.807) is 7.05 Å². The number of aliphatic hydroxyl groups excluding tert-OH is 1. The maximum atomic E-state index is 13.9. The second-order valence-electron chi connectivity index (χ2n) is 9.53. The van der Waals surface area contributed by atoms with Gasteiger partial charge in [-0.05, 0) is 11.5 Å². The van der Waals surface area contributed by atoms with Gasteiger partial charge in [0.1, 0.15) is 6.04 Å². The lowest BCUT2D eigenvalue weighted by Crippen LogP contribution is -2.50. The molecule has 2 heterocycles. The molecule has 2 aliphatic heterocycles. The van der Waals surface area contributed by atoms with Crippen molar-refractivity contribution in [3.63, 3.8) is 0 Å². The molecule has 190 valence electrons. The molecular formula is C26H36N4O5. The van der Waals surface area contributed by atoms with Crippen LogP contribution >= 0.6 is 0 Å². The number of nitrogens with zero attached hydrogens (tertiary/aromatic N) is 2. The number of nitrogens with one attached hydrogen (secondary N) is 2. The van der Waals surface area contributed by atoms with Crippen molar-refractivity contribution in [2.24, 2.45) is 23.7 Å². The molecule has 9 nitrogen and oxygen atoms in total. The van der Waals surface area contributed by atoms with Crippen LogP contribution in [-0.4, -0.2) is 91.7 Å². The van der Waals surface area contributed by atoms with E-state index < -0.39 is 29.8 Å². The molecule has 2 saturated heterocycles. The molecule has 3 N–H and O–H groups in total. The van der Waals surface area contributed by atoms with Crippen molar-refractivity contribution < 1.29 is 24.2 Å². The van der Waals surface area contributed by atoms with Crippen LogP contribution in [0.1, 0.15) is 18.5 Å². The number of ether oxygens (including phenoxy) is 1. The number of likely N-dealkylation sites (tertiary alicyclic amines) is 1. The number of amides is 3. The Morgan fingerprint density at radius 2 is 1.86 bits per heavy atom. The molecule has 3 amide bonds. The van der Waals surface area contributed by atoms with Crippen molar-refractivity contribution >= 4 is 17.7 Å². The fourth-order valence-electron chi connectivity index (χ4n) is 5.74. The smallest absolute Gasteiger partial charge is 0.243 e. The van der Waals surface area contributed by atoms with Crippen molar-refractivity contribution in [2.75, 3.05) is 53.0 Å². The van der Waals surface area contributed by atoms with Gasteiger partial charge in [0.2, 0.25) is 17.7 Å². The summed E-state index contributed by atoms with van der Waals surface area (Å²) < 4.78 is 5.38. The summed E-state index contributed by atoms with van der Waals surface area (Å²) in [5.74, 6) is -2.58. The first-order chi connectivity index (χ1) is 17.0. The monoisotopic (exact) mass is 484 g/mol. The topological polar surface area (TPSA) is 111 Å². The van der Waals surface area contributed by atoms with Crippen LogP contribution in [0.15, 0.2) is 42.5 Å². The average Bonchev–Trinajstić information content (AvgIpc) is 3.17. The van der Waals surface area contributed by atoms with Crippen molar-refractivity contribution in [2.45, 2.75) is 19.0 Å². The largest absolute Gasteiger partial charge is 0.394 e. The standard InChI is InChI=1S/C26H36N4O5/c1-17-8-9-19-22(21(17)24(32)27-2)26(34)30(20(16-31)18-6-4-3-5-7-18)23(19)25(33)28-10-11-29-12-14-35-15-13-29/h3-9,17,19-23,31H,10-16H2,1-2H3,(H,27,32)(H,28,33)/t17-,19+,20-,21-,22-,23+/m1/s1. The lowest BCUT2D eigenvalue weighted by atomic mass is 9.70. The second kappa shape index (κ2) is 11.3. The summed E-state index contributed by atoms with van der Waals surface area (Å²) in [4.78, 5) is 44.1. The molecule has 0 saturated carbocycles. The molecule has 2 fully saturated rings. The van der Waals surface area contributed by atoms with Gasteiger partial charge in [-0.3, -0.25) is 19.3 Å². The van der Waals surface area contributed by atoms with Crippen LogP contribution in [0.5, 0.6) is 0 Å². The quantitative estimate of drug-likeness (QED) is 0.454. The van der Waals surface area contributed by atoms with Crippen LogP contribution < -0.4 is 10.6 Å². The van der Waals surface area contributed by atoms with Gasteiger partial charge in [-0.1, -0.05) is 49.4 Å². The molecule has 0 radical (unpaired) electrons. The third kappa shape index (κ3) is 5.12. The molecule has 0 spiro atoms. The number of benzene rings is 1. The normalized spacial score (nSPS) is 29.5. The zero-order valence-electron chi connectivity index (χ0n) is 20.4. The molecule has 1 aromatic rings. The number of hydrogen-bond acceptors (Lipinski definition) is 6. The van der Waals surface area contributed by atoms with Gasteiger partial charge in [0.05, 0.1) is 37.7 Å². The van der Waals surface area contributed by atoms with Gasteiger partial charge >= 0.3 is 0 Å². The Balaban J connectivity index is 1.63. The van der Waals surface area contributed by atoms with E-state index in [0.29, 0.717) is 26.3 Å². The second-order valence-corrected chi connectivity index (χ2v) is 9.53. The Hall–Kier alpha value is -2.75. The summed E-state index contributed by atoms with van der Waals surface area (Å²) in [6, 6.07) is 7.75. The molecule has 35 heavy (non-hydrogen) atoms. The number of hydrogen-bond donors (Lipinski definition) is 3. The number of morpholine rings is 1. The summed E-state index contributed by atoms with van der Waals surface area (Å²) in [6.07, 6.45) is 3.85. The Morgan fingerprint density at radius 3 is 2.51 bits per heavy atom. The molecule has 0 bridgehead atoms. The van der Waals surface area contributed by atoms with Crippen LogP contribution in [0, 0.1) is 23.7 Å². The van der Waals surface area contributed by atoms with Gasteiger partial charge in [-0.25, -0.2) is 0 Å². The highest BCUT2D eigenvalue weighted by Crippen LogP contribution is 2.46. The number of carbonyl (C=O) groups excluding carboxylic acids is 3. The maximum Gasteiger partial charge on any atom is 0.243 e. The van der Waals surface area contributed by atoms with Crippen LogP contribution in [0.4, 0.5) is 0 Å². The summed E-state index contributed by atoms with van der Waals surface area (Å²) in [6.45, 7) is 5.75. The number of rotatable bonds is 8. The molecule has 4 rings (SSSR count). The Morgan fingerprint density at radius 1 is 1.14 bits per heavy atom. The lowest BCUT2D eigenvalue weighted by Gasteiger charge is -2.34. The first-order valence-corrected chi connectivity index (χ1v) is 12.4. The van der Waals surface area contributed by atoms with Crippen molar-refractivity contribution in [1.29, 1.82) is 0 Å². The van der Waals surface area contributed by atoms with E-state index in [1.165, 1.54) is 4.90 Å². The number of allylic oxidation sites excluding steroid dienone is 1. The zero-order valence-corrected chi connectivity index (χ0v) is 20.4.